The summed E-state index contributed by atoms with van der Waals surface area (Å²) < 4.78 is 2.11. The number of piperazine rings is 1. The van der Waals surface area contributed by atoms with E-state index in [-0.39, 0.29) is 0 Å². The minimum Gasteiger partial charge on any atom is -0.378 e. The summed E-state index contributed by atoms with van der Waals surface area (Å²) >= 11 is 0. The average molecular weight is 333 g/mol. The molecule has 5 nitrogen and oxygen atoms in total. The van der Waals surface area contributed by atoms with E-state index in [4.69, 9.17) is 0 Å². The van der Waals surface area contributed by atoms with Crippen molar-refractivity contribution in [3.05, 3.63) is 72.8 Å². The molecule has 0 saturated carbocycles. The van der Waals surface area contributed by atoms with E-state index >= 15 is 0 Å². The standard InChI is InChI=1S/C20H23N5/c1-2-4-19(5-3-1)25-15-12-22-20(25)16-23-17-6-8-18(9-7-17)24-13-10-21-11-14-24/h1-9,12,15,21,23H,10-11,13-14,16H2. The van der Waals surface area contributed by atoms with Gasteiger partial charge in [0.2, 0.25) is 0 Å². The Hall–Kier alpha value is -2.79. The summed E-state index contributed by atoms with van der Waals surface area (Å²) in [6, 6.07) is 19.0. The first kappa shape index (κ1) is 15.7. The predicted octanol–water partition coefficient (Wildman–Crippen LogP) is 2.89. The molecular formula is C20H23N5. The van der Waals surface area contributed by atoms with Crippen molar-refractivity contribution >= 4 is 11.4 Å². The molecular weight excluding hydrogens is 310 g/mol. The van der Waals surface area contributed by atoms with E-state index in [1.165, 1.54) is 5.69 Å². The highest BCUT2D eigenvalue weighted by Gasteiger charge is 2.10. The lowest BCUT2D eigenvalue weighted by atomic mass is 10.2. The van der Waals surface area contributed by atoms with E-state index in [0.717, 1.165) is 43.4 Å². The van der Waals surface area contributed by atoms with Gasteiger partial charge < -0.3 is 20.1 Å². The lowest BCUT2D eigenvalue weighted by Gasteiger charge is -2.29. The van der Waals surface area contributed by atoms with Crippen LogP contribution in [-0.4, -0.2) is 35.7 Å². The second-order valence-corrected chi connectivity index (χ2v) is 6.19. The summed E-state index contributed by atoms with van der Waals surface area (Å²) in [6.07, 6.45) is 3.84. The van der Waals surface area contributed by atoms with Crippen LogP contribution < -0.4 is 15.5 Å². The van der Waals surface area contributed by atoms with Gasteiger partial charge in [0.15, 0.2) is 0 Å². The normalized spacial score (nSPS) is 14.5. The van der Waals surface area contributed by atoms with Gasteiger partial charge in [-0.05, 0) is 36.4 Å². The fourth-order valence-corrected chi connectivity index (χ4v) is 3.18. The van der Waals surface area contributed by atoms with E-state index in [9.17, 15) is 0 Å². The number of para-hydroxylation sites is 1. The van der Waals surface area contributed by atoms with Gasteiger partial charge >= 0.3 is 0 Å². The third-order valence-electron chi connectivity index (χ3n) is 4.55. The quantitative estimate of drug-likeness (QED) is 0.754. The number of imidazole rings is 1. The highest BCUT2D eigenvalue weighted by Crippen LogP contribution is 2.19. The van der Waals surface area contributed by atoms with Crippen LogP contribution in [0.3, 0.4) is 0 Å². The Balaban J connectivity index is 1.41. The van der Waals surface area contributed by atoms with Crippen LogP contribution in [0.2, 0.25) is 0 Å². The molecule has 1 aliphatic heterocycles. The highest BCUT2D eigenvalue weighted by molar-refractivity contribution is 5.55. The van der Waals surface area contributed by atoms with Crippen molar-refractivity contribution in [1.29, 1.82) is 0 Å². The van der Waals surface area contributed by atoms with E-state index < -0.39 is 0 Å². The SMILES string of the molecule is c1ccc(-n2ccnc2CNc2ccc(N3CCNCC3)cc2)cc1. The number of nitrogens with one attached hydrogen (secondary N) is 2. The first-order chi connectivity index (χ1) is 12.4. The van der Waals surface area contributed by atoms with Crippen molar-refractivity contribution in [2.45, 2.75) is 6.54 Å². The first-order valence-electron chi connectivity index (χ1n) is 8.77. The summed E-state index contributed by atoms with van der Waals surface area (Å²) in [4.78, 5) is 6.90. The topological polar surface area (TPSA) is 45.1 Å². The van der Waals surface area contributed by atoms with Gasteiger partial charge in [-0.1, -0.05) is 18.2 Å². The van der Waals surface area contributed by atoms with Gasteiger partial charge in [0.05, 0.1) is 6.54 Å². The van der Waals surface area contributed by atoms with Crippen molar-refractivity contribution in [2.24, 2.45) is 0 Å². The molecule has 0 aliphatic carbocycles. The van der Waals surface area contributed by atoms with Gasteiger partial charge in [-0.2, -0.15) is 0 Å². The zero-order valence-corrected chi connectivity index (χ0v) is 14.2. The first-order valence-corrected chi connectivity index (χ1v) is 8.77. The fraction of sp³-hybridized carbons (Fsp3) is 0.250. The number of anilines is 2. The van der Waals surface area contributed by atoms with Crippen LogP contribution in [0.1, 0.15) is 5.82 Å². The van der Waals surface area contributed by atoms with E-state index in [2.05, 4.69) is 61.5 Å². The molecule has 25 heavy (non-hydrogen) atoms. The van der Waals surface area contributed by atoms with Crippen LogP contribution in [-0.2, 0) is 6.54 Å². The zero-order valence-electron chi connectivity index (χ0n) is 14.2. The van der Waals surface area contributed by atoms with Crippen molar-refractivity contribution < 1.29 is 0 Å². The summed E-state index contributed by atoms with van der Waals surface area (Å²) in [5.74, 6) is 0.998. The van der Waals surface area contributed by atoms with Gasteiger partial charge in [0, 0.05) is 55.6 Å². The van der Waals surface area contributed by atoms with E-state index in [1.54, 1.807) is 0 Å². The molecule has 128 valence electrons. The Labute approximate surface area is 148 Å². The molecule has 1 aliphatic rings. The number of benzene rings is 2. The highest BCUT2D eigenvalue weighted by atomic mass is 15.2. The van der Waals surface area contributed by atoms with Crippen molar-refractivity contribution in [3.63, 3.8) is 0 Å². The molecule has 2 aromatic carbocycles. The van der Waals surface area contributed by atoms with E-state index in [1.807, 2.05) is 30.6 Å². The van der Waals surface area contributed by atoms with Crippen LogP contribution in [0.5, 0.6) is 0 Å². The lowest BCUT2D eigenvalue weighted by molar-refractivity contribution is 0.589. The maximum atomic E-state index is 4.48. The lowest BCUT2D eigenvalue weighted by Crippen LogP contribution is -2.43. The Kier molecular flexibility index (Phi) is 4.65. The van der Waals surface area contributed by atoms with Gasteiger partial charge in [-0.25, -0.2) is 4.98 Å². The molecule has 1 saturated heterocycles. The molecule has 0 spiro atoms. The Morgan fingerprint density at radius 1 is 0.920 bits per heavy atom. The minimum atomic E-state index is 0.689. The molecule has 2 N–H and O–H groups in total. The molecule has 0 bridgehead atoms. The summed E-state index contributed by atoms with van der Waals surface area (Å²) in [7, 11) is 0. The number of nitrogens with zero attached hydrogens (tertiary/aromatic N) is 3. The number of hydrogen-bond donors (Lipinski definition) is 2. The molecule has 1 fully saturated rings. The molecule has 0 unspecified atom stereocenters. The maximum absolute atomic E-state index is 4.48. The Morgan fingerprint density at radius 3 is 2.44 bits per heavy atom. The molecule has 4 rings (SSSR count). The second-order valence-electron chi connectivity index (χ2n) is 6.19. The predicted molar refractivity (Wildman–Crippen MR) is 102 cm³/mol. The third kappa shape index (κ3) is 3.67. The number of aromatic nitrogens is 2. The average Bonchev–Trinajstić information content (AvgIpc) is 3.17. The van der Waals surface area contributed by atoms with Crippen LogP contribution in [0, 0.1) is 0 Å². The molecule has 0 atom stereocenters. The maximum Gasteiger partial charge on any atom is 0.132 e. The smallest absolute Gasteiger partial charge is 0.132 e. The Bertz CT molecular complexity index is 788. The minimum absolute atomic E-state index is 0.689. The van der Waals surface area contributed by atoms with Gasteiger partial charge in [0.25, 0.3) is 0 Å². The third-order valence-corrected chi connectivity index (χ3v) is 4.55. The van der Waals surface area contributed by atoms with Crippen LogP contribution in [0.15, 0.2) is 67.0 Å². The van der Waals surface area contributed by atoms with Gasteiger partial charge in [0.1, 0.15) is 5.82 Å². The zero-order chi connectivity index (χ0) is 16.9. The summed E-state index contributed by atoms with van der Waals surface area (Å²) in [6.45, 7) is 4.95. The summed E-state index contributed by atoms with van der Waals surface area (Å²) in [5, 5.41) is 6.86. The van der Waals surface area contributed by atoms with Crippen molar-refractivity contribution in [1.82, 2.24) is 14.9 Å². The number of hydrogen-bond acceptors (Lipinski definition) is 4. The van der Waals surface area contributed by atoms with Crippen LogP contribution >= 0.6 is 0 Å². The molecule has 0 radical (unpaired) electrons. The van der Waals surface area contributed by atoms with Crippen molar-refractivity contribution in [2.75, 3.05) is 36.4 Å². The molecule has 1 aromatic heterocycles. The molecule has 0 amide bonds. The molecule has 3 aromatic rings. The van der Waals surface area contributed by atoms with Gasteiger partial charge in [-0.3, -0.25) is 0 Å². The monoisotopic (exact) mass is 333 g/mol. The van der Waals surface area contributed by atoms with Crippen LogP contribution in [0.4, 0.5) is 11.4 Å². The molecule has 5 heteroatoms. The number of rotatable bonds is 5. The van der Waals surface area contributed by atoms with Gasteiger partial charge in [-0.15, -0.1) is 0 Å². The summed E-state index contributed by atoms with van der Waals surface area (Å²) in [5.41, 5.74) is 3.53. The van der Waals surface area contributed by atoms with E-state index in [0.29, 0.717) is 6.54 Å². The second kappa shape index (κ2) is 7.40. The largest absolute Gasteiger partial charge is 0.378 e. The molecule has 2 heterocycles. The van der Waals surface area contributed by atoms with Crippen molar-refractivity contribution in [3.8, 4) is 5.69 Å². The fourth-order valence-electron chi connectivity index (χ4n) is 3.18. The van der Waals surface area contributed by atoms with Crippen LogP contribution in [0.25, 0.3) is 5.69 Å². The Morgan fingerprint density at radius 2 is 1.68 bits per heavy atom.